The van der Waals surface area contributed by atoms with Gasteiger partial charge in [-0.15, -0.1) is 0 Å². The van der Waals surface area contributed by atoms with Crippen molar-refractivity contribution < 1.29 is 4.74 Å². The summed E-state index contributed by atoms with van der Waals surface area (Å²) in [7, 11) is 5.54. The Labute approximate surface area is 79.1 Å². The molecule has 0 fully saturated rings. The van der Waals surface area contributed by atoms with Gasteiger partial charge in [0.1, 0.15) is 5.75 Å². The van der Waals surface area contributed by atoms with Crippen LogP contribution in [-0.2, 0) is 0 Å². The maximum atomic E-state index is 5.96. The smallest absolute Gasteiger partial charge is 0.124 e. The number of hydrogen-bond acceptors (Lipinski definition) is 3. The van der Waals surface area contributed by atoms with E-state index in [0.717, 1.165) is 11.3 Å². The van der Waals surface area contributed by atoms with E-state index in [9.17, 15) is 0 Å². The minimum Gasteiger partial charge on any atom is -0.496 e. The second-order valence-electron chi connectivity index (χ2n) is 3.15. The number of benzene rings is 1. The Hall–Kier alpha value is -1.06. The van der Waals surface area contributed by atoms with E-state index in [1.807, 2.05) is 43.3 Å². The van der Waals surface area contributed by atoms with Crippen LogP contribution in [0.5, 0.6) is 5.75 Å². The summed E-state index contributed by atoms with van der Waals surface area (Å²) in [5, 5.41) is 0. The van der Waals surface area contributed by atoms with E-state index in [4.69, 9.17) is 10.5 Å². The standard InChI is InChI=1S/C10H16N2O/c1-12(2)10(11)8-6-4-5-7-9(8)13-3/h4-7,10H,11H2,1-3H3. The van der Waals surface area contributed by atoms with Crippen molar-refractivity contribution in [1.82, 2.24) is 4.90 Å². The predicted octanol–water partition coefficient (Wildman–Crippen LogP) is 1.21. The number of methoxy groups -OCH3 is 1. The Kier molecular flexibility index (Phi) is 3.28. The van der Waals surface area contributed by atoms with Gasteiger partial charge in [0, 0.05) is 5.56 Å². The molecule has 13 heavy (non-hydrogen) atoms. The second kappa shape index (κ2) is 4.25. The molecule has 3 nitrogen and oxygen atoms in total. The van der Waals surface area contributed by atoms with Crippen LogP contribution < -0.4 is 10.5 Å². The first-order valence-corrected chi connectivity index (χ1v) is 4.21. The summed E-state index contributed by atoms with van der Waals surface area (Å²) in [4.78, 5) is 1.94. The van der Waals surface area contributed by atoms with Gasteiger partial charge in [-0.05, 0) is 20.2 Å². The van der Waals surface area contributed by atoms with Gasteiger partial charge in [-0.3, -0.25) is 4.90 Å². The molecule has 1 aromatic rings. The zero-order valence-corrected chi connectivity index (χ0v) is 8.32. The molecule has 0 spiro atoms. The lowest BCUT2D eigenvalue weighted by molar-refractivity contribution is 0.296. The van der Waals surface area contributed by atoms with Crippen LogP contribution in [0.3, 0.4) is 0 Å². The zero-order valence-electron chi connectivity index (χ0n) is 8.32. The molecule has 0 aliphatic carbocycles. The summed E-state index contributed by atoms with van der Waals surface area (Å²) < 4.78 is 5.21. The third-order valence-corrected chi connectivity index (χ3v) is 2.01. The molecule has 0 saturated carbocycles. The lowest BCUT2D eigenvalue weighted by Crippen LogP contribution is -2.27. The normalized spacial score (nSPS) is 13.0. The Bertz CT molecular complexity index is 273. The first kappa shape index (κ1) is 10.0. The van der Waals surface area contributed by atoms with Gasteiger partial charge < -0.3 is 10.5 Å². The number of rotatable bonds is 3. The highest BCUT2D eigenvalue weighted by molar-refractivity contribution is 5.35. The van der Waals surface area contributed by atoms with Gasteiger partial charge in [0.25, 0.3) is 0 Å². The van der Waals surface area contributed by atoms with Gasteiger partial charge in [-0.1, -0.05) is 18.2 Å². The van der Waals surface area contributed by atoms with E-state index in [0.29, 0.717) is 0 Å². The molecule has 3 heteroatoms. The number of nitrogens with two attached hydrogens (primary N) is 1. The second-order valence-corrected chi connectivity index (χ2v) is 3.15. The van der Waals surface area contributed by atoms with Crippen LogP contribution in [-0.4, -0.2) is 26.1 Å². The fraction of sp³-hybridized carbons (Fsp3) is 0.400. The van der Waals surface area contributed by atoms with Crippen LogP contribution in [0.1, 0.15) is 11.7 Å². The monoisotopic (exact) mass is 180 g/mol. The van der Waals surface area contributed by atoms with Crippen LogP contribution in [0, 0.1) is 0 Å². The molecule has 0 aliphatic heterocycles. The highest BCUT2D eigenvalue weighted by atomic mass is 16.5. The third kappa shape index (κ3) is 2.20. The van der Waals surface area contributed by atoms with E-state index >= 15 is 0 Å². The predicted molar refractivity (Wildman–Crippen MR) is 53.6 cm³/mol. The molecular weight excluding hydrogens is 164 g/mol. The number of nitrogens with zero attached hydrogens (tertiary/aromatic N) is 1. The van der Waals surface area contributed by atoms with Gasteiger partial charge in [0.05, 0.1) is 13.3 Å². The molecule has 72 valence electrons. The summed E-state index contributed by atoms with van der Waals surface area (Å²) in [5.41, 5.74) is 6.97. The van der Waals surface area contributed by atoms with E-state index in [2.05, 4.69) is 0 Å². The molecule has 0 radical (unpaired) electrons. The maximum absolute atomic E-state index is 5.96. The van der Waals surface area contributed by atoms with Crippen molar-refractivity contribution in [2.24, 2.45) is 5.73 Å². The van der Waals surface area contributed by atoms with Gasteiger partial charge in [0.15, 0.2) is 0 Å². The topological polar surface area (TPSA) is 38.5 Å². The minimum absolute atomic E-state index is 0.115. The molecule has 0 bridgehead atoms. The largest absolute Gasteiger partial charge is 0.496 e. The Morgan fingerprint density at radius 2 is 1.92 bits per heavy atom. The van der Waals surface area contributed by atoms with Gasteiger partial charge in [-0.25, -0.2) is 0 Å². The molecule has 1 rings (SSSR count). The van der Waals surface area contributed by atoms with Crippen LogP contribution in [0.25, 0.3) is 0 Å². The Morgan fingerprint density at radius 1 is 1.31 bits per heavy atom. The summed E-state index contributed by atoms with van der Waals surface area (Å²) >= 11 is 0. The highest BCUT2D eigenvalue weighted by Gasteiger charge is 2.12. The molecule has 1 aromatic carbocycles. The van der Waals surface area contributed by atoms with Crippen LogP contribution >= 0.6 is 0 Å². The molecule has 1 atom stereocenters. The third-order valence-electron chi connectivity index (χ3n) is 2.01. The van der Waals surface area contributed by atoms with Crippen LogP contribution in [0.15, 0.2) is 24.3 Å². The van der Waals surface area contributed by atoms with E-state index < -0.39 is 0 Å². The SMILES string of the molecule is COc1ccccc1C(N)N(C)C. The Balaban J connectivity index is 2.98. The van der Waals surface area contributed by atoms with Crippen molar-refractivity contribution in [2.75, 3.05) is 21.2 Å². The van der Waals surface area contributed by atoms with E-state index in [-0.39, 0.29) is 6.17 Å². The van der Waals surface area contributed by atoms with Crippen molar-refractivity contribution in [2.45, 2.75) is 6.17 Å². The number of hydrogen-bond donors (Lipinski definition) is 1. The van der Waals surface area contributed by atoms with Gasteiger partial charge >= 0.3 is 0 Å². The van der Waals surface area contributed by atoms with Crippen molar-refractivity contribution >= 4 is 0 Å². The molecule has 0 aromatic heterocycles. The van der Waals surface area contributed by atoms with Crippen molar-refractivity contribution in [3.8, 4) is 5.75 Å². The molecule has 0 heterocycles. The lowest BCUT2D eigenvalue weighted by atomic mass is 10.1. The van der Waals surface area contributed by atoms with Crippen molar-refractivity contribution in [3.05, 3.63) is 29.8 Å². The number of ether oxygens (including phenoxy) is 1. The molecule has 0 aliphatic rings. The molecule has 0 saturated heterocycles. The minimum atomic E-state index is -0.115. The maximum Gasteiger partial charge on any atom is 0.124 e. The van der Waals surface area contributed by atoms with Gasteiger partial charge in [0.2, 0.25) is 0 Å². The first-order valence-electron chi connectivity index (χ1n) is 4.21. The van der Waals surface area contributed by atoms with E-state index in [1.54, 1.807) is 7.11 Å². The van der Waals surface area contributed by atoms with Gasteiger partial charge in [-0.2, -0.15) is 0 Å². The molecule has 0 amide bonds. The molecular formula is C10H16N2O. The average Bonchev–Trinajstić information content (AvgIpc) is 2.16. The summed E-state index contributed by atoms with van der Waals surface area (Å²) in [6.45, 7) is 0. The Morgan fingerprint density at radius 3 is 2.46 bits per heavy atom. The summed E-state index contributed by atoms with van der Waals surface area (Å²) in [5.74, 6) is 0.837. The fourth-order valence-electron chi connectivity index (χ4n) is 1.19. The summed E-state index contributed by atoms with van der Waals surface area (Å²) in [6.07, 6.45) is -0.115. The quantitative estimate of drug-likeness (QED) is 0.711. The zero-order chi connectivity index (χ0) is 9.84. The fourth-order valence-corrected chi connectivity index (χ4v) is 1.19. The lowest BCUT2D eigenvalue weighted by Gasteiger charge is -2.21. The molecule has 1 unspecified atom stereocenters. The van der Waals surface area contributed by atoms with Crippen LogP contribution in [0.2, 0.25) is 0 Å². The molecule has 2 N–H and O–H groups in total. The average molecular weight is 180 g/mol. The highest BCUT2D eigenvalue weighted by Crippen LogP contribution is 2.23. The van der Waals surface area contributed by atoms with E-state index in [1.165, 1.54) is 0 Å². The van der Waals surface area contributed by atoms with Crippen molar-refractivity contribution in [3.63, 3.8) is 0 Å². The summed E-state index contributed by atoms with van der Waals surface area (Å²) in [6, 6.07) is 7.79. The number of para-hydroxylation sites is 1. The van der Waals surface area contributed by atoms with Crippen LogP contribution in [0.4, 0.5) is 0 Å². The first-order chi connectivity index (χ1) is 6.16. The van der Waals surface area contributed by atoms with Crippen molar-refractivity contribution in [1.29, 1.82) is 0 Å².